The smallest absolute Gasteiger partial charge is 0.324 e. The van der Waals surface area contributed by atoms with E-state index in [1.165, 1.54) is 0 Å². The van der Waals surface area contributed by atoms with Crippen LogP contribution in [0.15, 0.2) is 12.3 Å². The molecule has 0 rings (SSSR count). The van der Waals surface area contributed by atoms with Crippen molar-refractivity contribution >= 4 is 38.0 Å². The van der Waals surface area contributed by atoms with Gasteiger partial charge in [0.1, 0.15) is 8.96 Å². The highest BCUT2D eigenvalue weighted by molar-refractivity contribution is 7.47. The first-order valence-electron chi connectivity index (χ1n) is 3.16. The van der Waals surface area contributed by atoms with Gasteiger partial charge in [-0.3, -0.25) is 0 Å². The number of rotatable bonds is 3. The van der Waals surface area contributed by atoms with E-state index in [0.29, 0.717) is 0 Å². The van der Waals surface area contributed by atoms with Gasteiger partial charge in [0, 0.05) is 0 Å². The van der Waals surface area contributed by atoms with Crippen LogP contribution in [0.5, 0.6) is 0 Å². The van der Waals surface area contributed by atoms with Crippen LogP contribution in [-0.4, -0.2) is 27.1 Å². The molecule has 0 aliphatic heterocycles. The van der Waals surface area contributed by atoms with E-state index in [0.717, 1.165) is 0 Å². The molecule has 0 N–H and O–H groups in total. The van der Waals surface area contributed by atoms with E-state index in [4.69, 9.17) is 22.2 Å². The number of nitrogens with zero attached hydrogens (tertiary/aromatic N) is 1. The van der Waals surface area contributed by atoms with E-state index in [9.17, 15) is 0 Å². The first-order chi connectivity index (χ1) is 4.41. The topological polar surface area (TPSA) is 3.24 Å². The fraction of sp³-hybridized carbons (Fsp3) is 0.600. The molecule has 0 radical (unpaired) electrons. The van der Waals surface area contributed by atoms with E-state index < -0.39 is 15.8 Å². The van der Waals surface area contributed by atoms with Crippen molar-refractivity contribution in [1.82, 2.24) is 4.23 Å². The van der Waals surface area contributed by atoms with Crippen molar-refractivity contribution < 1.29 is 0 Å². The summed E-state index contributed by atoms with van der Waals surface area (Å²) in [6.07, 6.45) is 0. The zero-order chi connectivity index (χ0) is 8.36. The molecule has 0 saturated heterocycles. The summed E-state index contributed by atoms with van der Waals surface area (Å²) in [6.45, 7) is 5.75. The minimum absolute atomic E-state index is 0.847. The highest BCUT2D eigenvalue weighted by Gasteiger charge is 2.31. The minimum Gasteiger partial charge on any atom is -0.324 e. The van der Waals surface area contributed by atoms with Crippen molar-refractivity contribution in [1.29, 1.82) is 0 Å². The van der Waals surface area contributed by atoms with Crippen molar-refractivity contribution in [3.63, 3.8) is 0 Å². The lowest BCUT2D eigenvalue weighted by Crippen LogP contribution is -2.47. The molecule has 1 nitrogen and oxygen atoms in total. The van der Waals surface area contributed by atoms with E-state index in [1.54, 1.807) is 5.70 Å². The fourth-order valence-corrected chi connectivity index (χ4v) is 7.36. The van der Waals surface area contributed by atoms with Gasteiger partial charge in [0.15, 0.2) is 0 Å². The predicted octanol–water partition coefficient (Wildman–Crippen LogP) is 2.04. The van der Waals surface area contributed by atoms with Crippen LogP contribution in [-0.2, 0) is 0 Å². The lowest BCUT2D eigenvalue weighted by molar-refractivity contribution is 0.822. The second kappa shape index (κ2) is 3.92. The Bertz CT molecular complexity index is 127. The van der Waals surface area contributed by atoms with Gasteiger partial charge in [-0.2, -0.15) is 0 Å². The summed E-state index contributed by atoms with van der Waals surface area (Å²) in [6, 6.07) is 0. The minimum atomic E-state index is -2.24. The van der Waals surface area contributed by atoms with Crippen LogP contribution in [0.1, 0.15) is 0 Å². The van der Waals surface area contributed by atoms with Gasteiger partial charge in [0.25, 0.3) is 0 Å². The largest absolute Gasteiger partial charge is 0.342 e. The quantitative estimate of drug-likeness (QED) is 0.513. The fourth-order valence-electron chi connectivity index (χ4n) is 0.488. The number of hydrogen-bond donors (Lipinski definition) is 0. The summed E-state index contributed by atoms with van der Waals surface area (Å²) in [5.74, 6) is 0. The van der Waals surface area contributed by atoms with E-state index in [2.05, 4.69) is 23.9 Å². The van der Waals surface area contributed by atoms with Gasteiger partial charge in [-0.05, 0) is 7.05 Å². The van der Waals surface area contributed by atoms with E-state index >= 15 is 0 Å². The average Bonchev–Trinajstić information content (AvgIpc) is 1.86. The normalized spacial score (nSPS) is 12.7. The third-order valence-electron chi connectivity index (χ3n) is 1.49. The van der Waals surface area contributed by atoms with Crippen LogP contribution in [0.3, 0.4) is 0 Å². The summed E-state index contributed by atoms with van der Waals surface area (Å²) in [7, 11) is 1.13. The number of halogens is 2. The monoisotopic (exact) mass is 213 g/mol. The van der Waals surface area contributed by atoms with Gasteiger partial charge in [0.2, 0.25) is 0 Å². The first-order valence-corrected chi connectivity index (χ1v) is 10.0. The standard InChI is InChI=1S/C5H13Cl2NSi2/c1-5-10(6,7)8(2)9(3)4/h5,9H,1H2,2-4H3. The molecule has 0 aliphatic rings. The maximum atomic E-state index is 6.01. The molecule has 0 heterocycles. The van der Waals surface area contributed by atoms with E-state index in [1.807, 2.05) is 7.05 Å². The van der Waals surface area contributed by atoms with Gasteiger partial charge in [-0.1, -0.05) is 18.8 Å². The number of hydrogen-bond acceptors (Lipinski definition) is 1. The molecule has 0 unspecified atom stereocenters. The lowest BCUT2D eigenvalue weighted by atomic mass is 11.3. The molecule has 0 fully saturated rings. The maximum absolute atomic E-state index is 6.01. The Hall–Kier alpha value is 0.714. The van der Waals surface area contributed by atoms with Crippen LogP contribution in [0, 0.1) is 0 Å². The van der Waals surface area contributed by atoms with Gasteiger partial charge in [-0.25, -0.2) is 0 Å². The van der Waals surface area contributed by atoms with Crippen LogP contribution < -0.4 is 0 Å². The van der Waals surface area contributed by atoms with Crippen molar-refractivity contribution in [3.8, 4) is 0 Å². The molecule has 0 bridgehead atoms. The molecule has 10 heavy (non-hydrogen) atoms. The van der Waals surface area contributed by atoms with Crippen LogP contribution in [0.25, 0.3) is 0 Å². The molecule has 5 heteroatoms. The summed E-state index contributed by atoms with van der Waals surface area (Å²) >= 11 is 12.0. The molecule has 0 spiro atoms. The Balaban J connectivity index is 4.17. The lowest BCUT2D eigenvalue weighted by Gasteiger charge is -2.28. The van der Waals surface area contributed by atoms with Gasteiger partial charge >= 0.3 is 6.86 Å². The molecule has 0 aromatic rings. The molecule has 60 valence electrons. The average molecular weight is 214 g/mol. The molecule has 0 saturated carbocycles. The maximum Gasteiger partial charge on any atom is 0.342 e. The molecule has 0 aromatic heterocycles. The SMILES string of the molecule is C=C[Si](Cl)(Cl)N(C)[SiH](C)C. The Kier molecular flexibility index (Phi) is 4.20. The molecule has 0 atom stereocenters. The summed E-state index contributed by atoms with van der Waals surface area (Å²) < 4.78 is 2.10. The van der Waals surface area contributed by atoms with Crippen molar-refractivity contribution in [2.75, 3.05) is 7.05 Å². The van der Waals surface area contributed by atoms with Crippen molar-refractivity contribution in [3.05, 3.63) is 12.3 Å². The third kappa shape index (κ3) is 2.76. The van der Waals surface area contributed by atoms with Crippen molar-refractivity contribution in [2.45, 2.75) is 13.1 Å². The van der Waals surface area contributed by atoms with Crippen LogP contribution >= 0.6 is 22.2 Å². The Labute approximate surface area is 74.8 Å². The Morgan fingerprint density at radius 1 is 1.50 bits per heavy atom. The van der Waals surface area contributed by atoms with Crippen LogP contribution in [0.2, 0.25) is 13.1 Å². The third-order valence-corrected chi connectivity index (χ3v) is 10.7. The van der Waals surface area contributed by atoms with Crippen molar-refractivity contribution in [2.24, 2.45) is 0 Å². The molecule has 0 aliphatic carbocycles. The first kappa shape index (κ1) is 10.7. The highest BCUT2D eigenvalue weighted by Crippen LogP contribution is 2.20. The summed E-state index contributed by atoms with van der Waals surface area (Å²) in [5, 5.41) is 0. The molecular formula is C5H13Cl2NSi2. The molecule has 0 aromatic carbocycles. The zero-order valence-electron chi connectivity index (χ0n) is 6.56. The second-order valence-electron chi connectivity index (χ2n) is 2.50. The van der Waals surface area contributed by atoms with E-state index in [-0.39, 0.29) is 0 Å². The molecule has 0 amide bonds. The Morgan fingerprint density at radius 3 is 2.00 bits per heavy atom. The second-order valence-corrected chi connectivity index (χ2v) is 12.3. The molecular weight excluding hydrogens is 201 g/mol. The van der Waals surface area contributed by atoms with Gasteiger partial charge in [0.05, 0.1) is 0 Å². The van der Waals surface area contributed by atoms with Gasteiger partial charge < -0.3 is 4.23 Å². The highest BCUT2D eigenvalue weighted by atomic mass is 35.7. The van der Waals surface area contributed by atoms with Crippen LogP contribution in [0.4, 0.5) is 0 Å². The predicted molar refractivity (Wildman–Crippen MR) is 54.3 cm³/mol. The summed E-state index contributed by atoms with van der Waals surface area (Å²) in [4.78, 5) is 0. The van der Waals surface area contributed by atoms with Gasteiger partial charge in [-0.15, -0.1) is 28.7 Å². The summed E-state index contributed by atoms with van der Waals surface area (Å²) in [5.41, 5.74) is 1.68. The zero-order valence-corrected chi connectivity index (χ0v) is 10.2. The Morgan fingerprint density at radius 2 is 1.90 bits per heavy atom.